The second-order valence-corrected chi connectivity index (χ2v) is 16.3. The predicted octanol–water partition coefficient (Wildman–Crippen LogP) is 10.0. The van der Waals surface area contributed by atoms with Crippen molar-refractivity contribution in [2.45, 2.75) is 49.9 Å². The van der Waals surface area contributed by atoms with E-state index in [1.54, 1.807) is 62.4 Å². The van der Waals surface area contributed by atoms with Gasteiger partial charge in [-0.3, -0.25) is 0 Å². The molecular weight excluding hydrogens is 693 g/mol. The van der Waals surface area contributed by atoms with Crippen molar-refractivity contribution in [3.63, 3.8) is 0 Å². The van der Waals surface area contributed by atoms with Gasteiger partial charge in [-0.25, -0.2) is 8.37 Å². The Morgan fingerprint density at radius 3 is 1.52 bits per heavy atom. The van der Waals surface area contributed by atoms with Crippen molar-refractivity contribution in [1.82, 2.24) is 9.13 Å². The number of nitrogens with zero attached hydrogens (tertiary/aromatic N) is 2. The van der Waals surface area contributed by atoms with Gasteiger partial charge < -0.3 is 9.13 Å². The molecule has 0 saturated heterocycles. The van der Waals surface area contributed by atoms with Crippen molar-refractivity contribution in [3.05, 3.63) is 145 Å². The summed E-state index contributed by atoms with van der Waals surface area (Å²) in [5, 5.41) is 3.79. The third-order valence-electron chi connectivity index (χ3n) is 9.63. The summed E-state index contributed by atoms with van der Waals surface area (Å²) in [7, 11) is -8.14. The molecule has 52 heavy (non-hydrogen) atoms. The van der Waals surface area contributed by atoms with Crippen molar-refractivity contribution < 1.29 is 25.2 Å². The van der Waals surface area contributed by atoms with E-state index in [9.17, 15) is 16.8 Å². The molecule has 6 aromatic carbocycles. The van der Waals surface area contributed by atoms with Gasteiger partial charge in [0.2, 0.25) is 0 Å². The van der Waals surface area contributed by atoms with Crippen LogP contribution in [0.3, 0.4) is 0 Å². The largest absolute Gasteiger partial charge is 0.313 e. The van der Waals surface area contributed by atoms with E-state index in [1.807, 2.05) is 102 Å². The molecule has 0 amide bonds. The Balaban J connectivity index is 1.26. The second kappa shape index (κ2) is 12.8. The fourth-order valence-corrected chi connectivity index (χ4v) is 9.27. The van der Waals surface area contributed by atoms with Crippen LogP contribution in [-0.4, -0.2) is 26.0 Å². The zero-order chi connectivity index (χ0) is 36.4. The van der Waals surface area contributed by atoms with E-state index in [0.29, 0.717) is 0 Å². The number of benzene rings is 6. The molecule has 8 aromatic rings. The van der Waals surface area contributed by atoms with Gasteiger partial charge >= 0.3 is 0 Å². The first-order valence-corrected chi connectivity index (χ1v) is 19.8. The maximum Gasteiger partial charge on any atom is 0.298 e. The van der Waals surface area contributed by atoms with Crippen LogP contribution in [0.2, 0.25) is 0 Å². The molecule has 2 atom stereocenters. The van der Waals surface area contributed by atoms with Gasteiger partial charge in [0, 0.05) is 27.1 Å². The van der Waals surface area contributed by atoms with Crippen LogP contribution in [0.4, 0.5) is 0 Å². The zero-order valence-electron chi connectivity index (χ0n) is 29.0. The second-order valence-electron chi connectivity index (χ2n) is 13.1. The van der Waals surface area contributed by atoms with E-state index in [0.717, 1.165) is 65.9 Å². The van der Waals surface area contributed by atoms with Gasteiger partial charge in [0.25, 0.3) is 20.2 Å². The Morgan fingerprint density at radius 2 is 0.942 bits per heavy atom. The minimum Gasteiger partial charge on any atom is -0.313 e. The van der Waals surface area contributed by atoms with E-state index in [-0.39, 0.29) is 9.79 Å². The van der Waals surface area contributed by atoms with Crippen LogP contribution in [0.1, 0.15) is 37.4 Å². The summed E-state index contributed by atoms with van der Waals surface area (Å²) in [6, 6.07) is 41.1. The molecule has 0 aliphatic heterocycles. The molecule has 0 saturated carbocycles. The van der Waals surface area contributed by atoms with Gasteiger partial charge in [-0.15, -0.1) is 0 Å². The number of fused-ring (bicyclic) bond motifs is 6. The van der Waals surface area contributed by atoms with Gasteiger partial charge in [-0.05, 0) is 81.8 Å². The highest BCUT2D eigenvalue weighted by molar-refractivity contribution is 7.87. The third kappa shape index (κ3) is 5.78. The van der Waals surface area contributed by atoms with Crippen molar-refractivity contribution in [1.29, 1.82) is 0 Å². The molecule has 2 heterocycles. The van der Waals surface area contributed by atoms with Crippen LogP contribution in [0.25, 0.3) is 54.7 Å². The minimum atomic E-state index is -4.09. The third-order valence-corrected chi connectivity index (χ3v) is 12.4. The van der Waals surface area contributed by atoms with Crippen LogP contribution in [0, 0.1) is 13.8 Å². The maximum atomic E-state index is 13.5. The van der Waals surface area contributed by atoms with Crippen LogP contribution < -0.4 is 0 Å². The van der Waals surface area contributed by atoms with E-state index in [4.69, 9.17) is 8.37 Å². The zero-order valence-corrected chi connectivity index (χ0v) is 30.6. The number of hydrogen-bond acceptors (Lipinski definition) is 6. The van der Waals surface area contributed by atoms with Crippen molar-refractivity contribution >= 4 is 63.8 Å². The summed E-state index contributed by atoms with van der Waals surface area (Å²) in [4.78, 5) is 0.194. The lowest BCUT2D eigenvalue weighted by Crippen LogP contribution is -2.15. The van der Waals surface area contributed by atoms with E-state index < -0.39 is 32.7 Å². The lowest BCUT2D eigenvalue weighted by atomic mass is 10.00. The van der Waals surface area contributed by atoms with Crippen LogP contribution in [-0.2, 0) is 28.6 Å². The lowest BCUT2D eigenvalue weighted by molar-refractivity contribution is 0.169. The van der Waals surface area contributed by atoms with Crippen LogP contribution in [0.15, 0.2) is 143 Å². The molecule has 262 valence electrons. The molecule has 0 radical (unpaired) electrons. The molecule has 0 bridgehead atoms. The molecule has 0 N–H and O–H groups in total. The van der Waals surface area contributed by atoms with E-state index in [2.05, 4.69) is 6.07 Å². The standard InChI is InChI=1S/C42H36N2O6S2/c1-27-16-21-32(22-17-27)51(45,46)49-29(3)43-39-14-7-6-11-36(39)38-26-31(20-25-41(38)43)34-12-9-13-37-35-10-5-8-15-40(35)44(42(34)37)30(4)50-52(47,48)33-23-18-28(2)19-24-33/h5-26,29-30H,1-4H3. The highest BCUT2D eigenvalue weighted by Crippen LogP contribution is 2.41. The molecular formula is C42H36N2O6S2. The monoisotopic (exact) mass is 728 g/mol. The van der Waals surface area contributed by atoms with Crippen LogP contribution >= 0.6 is 0 Å². The fraction of sp³-hybridized carbons (Fsp3) is 0.143. The van der Waals surface area contributed by atoms with Crippen molar-refractivity contribution in [2.75, 3.05) is 0 Å². The maximum absolute atomic E-state index is 13.5. The van der Waals surface area contributed by atoms with Crippen molar-refractivity contribution in [3.8, 4) is 11.1 Å². The topological polar surface area (TPSA) is 96.6 Å². The number of hydrogen-bond donors (Lipinski definition) is 0. The Bertz CT molecular complexity index is 2870. The summed E-state index contributed by atoms with van der Waals surface area (Å²) in [6.07, 6.45) is -1.73. The molecule has 8 nitrogen and oxygen atoms in total. The molecule has 0 aliphatic carbocycles. The normalized spacial score (nSPS) is 13.7. The first-order chi connectivity index (χ1) is 24.9. The summed E-state index contributed by atoms with van der Waals surface area (Å²) >= 11 is 0. The summed E-state index contributed by atoms with van der Waals surface area (Å²) < 4.78 is 69.3. The minimum absolute atomic E-state index is 0.0951. The summed E-state index contributed by atoms with van der Waals surface area (Å²) in [5.41, 5.74) is 7.02. The number of rotatable bonds is 9. The quantitative estimate of drug-likeness (QED) is 0.137. The molecule has 8 rings (SSSR count). The van der Waals surface area contributed by atoms with Gasteiger partial charge in [0.1, 0.15) is 0 Å². The predicted molar refractivity (Wildman–Crippen MR) is 206 cm³/mol. The SMILES string of the molecule is Cc1ccc(S(=O)(=O)OC(C)n2c3ccccc3c3cc(-c4cccc5c6ccccc6n(C(C)OS(=O)(=O)c6ccc(C)cc6)c45)ccc32)cc1. The number of aromatic nitrogens is 2. The van der Waals surface area contributed by atoms with Gasteiger partial charge in [-0.1, -0.05) is 96.1 Å². The van der Waals surface area contributed by atoms with Crippen LogP contribution in [0.5, 0.6) is 0 Å². The molecule has 2 unspecified atom stereocenters. The fourth-order valence-electron chi connectivity index (χ4n) is 7.20. The molecule has 0 fully saturated rings. The van der Waals surface area contributed by atoms with E-state index >= 15 is 0 Å². The first-order valence-electron chi connectivity index (χ1n) is 17.0. The average molecular weight is 729 g/mol. The Labute approximate surface area is 302 Å². The summed E-state index contributed by atoms with van der Waals surface area (Å²) in [5.74, 6) is 0. The molecule has 10 heteroatoms. The molecule has 2 aromatic heterocycles. The molecule has 0 spiro atoms. The Kier molecular flexibility index (Phi) is 8.30. The molecule has 0 aliphatic rings. The average Bonchev–Trinajstić information content (AvgIpc) is 3.64. The van der Waals surface area contributed by atoms with Crippen molar-refractivity contribution in [2.24, 2.45) is 0 Å². The van der Waals surface area contributed by atoms with Gasteiger partial charge in [0.05, 0.1) is 31.9 Å². The van der Waals surface area contributed by atoms with E-state index in [1.165, 1.54) is 0 Å². The first kappa shape index (κ1) is 33.9. The highest BCUT2D eigenvalue weighted by atomic mass is 32.2. The number of aryl methyl sites for hydroxylation is 2. The Morgan fingerprint density at radius 1 is 0.481 bits per heavy atom. The van der Waals surface area contributed by atoms with Gasteiger partial charge in [-0.2, -0.15) is 16.8 Å². The summed E-state index contributed by atoms with van der Waals surface area (Å²) in [6.45, 7) is 7.28. The Hall–Kier alpha value is -5.26. The van der Waals surface area contributed by atoms with Gasteiger partial charge in [0.15, 0.2) is 12.5 Å². The lowest BCUT2D eigenvalue weighted by Gasteiger charge is -2.19. The highest BCUT2D eigenvalue weighted by Gasteiger charge is 2.26. The smallest absolute Gasteiger partial charge is 0.298 e. The number of para-hydroxylation sites is 3.